The molecule has 0 amide bonds. The molecule has 1 N–H and O–H groups in total. The van der Waals surface area contributed by atoms with Gasteiger partial charge in [0.2, 0.25) is 0 Å². The Kier molecular flexibility index (Phi) is 3.45. The number of nitrogens with zero attached hydrogens (tertiary/aromatic N) is 1. The molecule has 0 saturated heterocycles. The molecule has 0 spiro atoms. The van der Waals surface area contributed by atoms with Crippen LogP contribution in [0, 0.1) is 13.8 Å². The van der Waals surface area contributed by atoms with Crippen molar-refractivity contribution >= 4 is 16.7 Å². The number of hydrogen-bond donors (Lipinski definition) is 1. The minimum atomic E-state index is -0.337. The molecule has 0 radical (unpaired) electrons. The monoisotopic (exact) mass is 318 g/mol. The second-order valence-electron chi connectivity index (χ2n) is 6.29. The lowest BCUT2D eigenvalue weighted by molar-refractivity contribution is 0.559. The highest BCUT2D eigenvalue weighted by atomic mass is 16.4. The fourth-order valence-electron chi connectivity index (χ4n) is 3.19. The van der Waals surface area contributed by atoms with Crippen molar-refractivity contribution in [1.29, 1.82) is 0 Å². The maximum atomic E-state index is 12.3. The highest BCUT2D eigenvalue weighted by Crippen LogP contribution is 2.27. The van der Waals surface area contributed by atoms with E-state index in [1.165, 1.54) is 16.7 Å². The quantitative estimate of drug-likeness (QED) is 0.730. The average Bonchev–Trinajstić information content (AvgIpc) is 3.06. The third-order valence-corrected chi connectivity index (χ3v) is 4.52. The molecular weight excluding hydrogens is 300 g/mol. The third kappa shape index (κ3) is 2.50. The molecule has 4 nitrogen and oxygen atoms in total. The number of hydrazone groups is 1. The predicted octanol–water partition coefficient (Wildman–Crippen LogP) is 3.85. The molecule has 4 heteroatoms. The molecule has 0 fully saturated rings. The predicted molar refractivity (Wildman–Crippen MR) is 95.4 cm³/mol. The molecule has 1 aromatic heterocycles. The van der Waals surface area contributed by atoms with Gasteiger partial charge in [-0.25, -0.2) is 4.79 Å². The van der Waals surface area contributed by atoms with Crippen LogP contribution in [-0.4, -0.2) is 5.71 Å². The summed E-state index contributed by atoms with van der Waals surface area (Å²) in [6.07, 6.45) is 0.674. The third-order valence-electron chi connectivity index (χ3n) is 4.52. The van der Waals surface area contributed by atoms with Crippen LogP contribution in [0.2, 0.25) is 0 Å². The Labute approximate surface area is 139 Å². The van der Waals surface area contributed by atoms with Gasteiger partial charge >= 0.3 is 5.63 Å². The Bertz CT molecular complexity index is 1020. The maximum absolute atomic E-state index is 12.3. The summed E-state index contributed by atoms with van der Waals surface area (Å²) in [7, 11) is 0. The van der Waals surface area contributed by atoms with Crippen molar-refractivity contribution < 1.29 is 4.42 Å². The number of benzene rings is 2. The first-order valence-electron chi connectivity index (χ1n) is 8.04. The summed E-state index contributed by atoms with van der Waals surface area (Å²) in [5, 5.41) is 5.32. The van der Waals surface area contributed by atoms with Gasteiger partial charge in [-0.2, -0.15) is 5.10 Å². The fraction of sp³-hybridized carbons (Fsp3) is 0.200. The molecule has 0 aliphatic carbocycles. The van der Waals surface area contributed by atoms with Gasteiger partial charge in [0.15, 0.2) is 0 Å². The van der Waals surface area contributed by atoms with Gasteiger partial charge in [-0.05, 0) is 37.1 Å². The first kappa shape index (κ1) is 14.7. The van der Waals surface area contributed by atoms with Gasteiger partial charge in [-0.15, -0.1) is 0 Å². The lowest BCUT2D eigenvalue weighted by atomic mass is 9.95. The summed E-state index contributed by atoms with van der Waals surface area (Å²) >= 11 is 0. The van der Waals surface area contributed by atoms with Gasteiger partial charge in [0.25, 0.3) is 0 Å². The van der Waals surface area contributed by atoms with Crippen molar-refractivity contribution in [2.24, 2.45) is 5.10 Å². The zero-order valence-electron chi connectivity index (χ0n) is 13.7. The number of rotatable bonds is 2. The van der Waals surface area contributed by atoms with Crippen LogP contribution < -0.4 is 11.1 Å². The van der Waals surface area contributed by atoms with Crippen molar-refractivity contribution in [1.82, 2.24) is 5.43 Å². The fourth-order valence-corrected chi connectivity index (χ4v) is 3.19. The Hall–Kier alpha value is -2.88. The van der Waals surface area contributed by atoms with E-state index in [1.54, 1.807) is 6.07 Å². The minimum absolute atomic E-state index is 0.0887. The standard InChI is InChI=1S/C20H18N2O2/c1-12-7-8-13(2)15(9-12)17-11-18(22-21-17)16-10-14-5-3-4-6-19(14)24-20(16)23/h3-10,17,21H,11H2,1-2H3/t17-/m0/s1. The summed E-state index contributed by atoms with van der Waals surface area (Å²) in [6.45, 7) is 4.18. The highest BCUT2D eigenvalue weighted by molar-refractivity contribution is 6.03. The number of para-hydroxylation sites is 1. The van der Waals surface area contributed by atoms with Crippen LogP contribution in [0.4, 0.5) is 0 Å². The second-order valence-corrected chi connectivity index (χ2v) is 6.29. The first-order valence-corrected chi connectivity index (χ1v) is 8.04. The molecule has 120 valence electrons. The van der Waals surface area contributed by atoms with E-state index in [9.17, 15) is 4.79 Å². The molecule has 1 atom stereocenters. The summed E-state index contributed by atoms with van der Waals surface area (Å²) in [5.41, 5.74) is 8.38. The van der Waals surface area contributed by atoms with Crippen LogP contribution in [-0.2, 0) is 0 Å². The van der Waals surface area contributed by atoms with Gasteiger partial charge < -0.3 is 9.84 Å². The molecule has 0 unspecified atom stereocenters. The van der Waals surface area contributed by atoms with E-state index in [0.717, 1.165) is 11.1 Å². The molecule has 24 heavy (non-hydrogen) atoms. The van der Waals surface area contributed by atoms with E-state index in [0.29, 0.717) is 17.6 Å². The van der Waals surface area contributed by atoms with E-state index in [2.05, 4.69) is 42.6 Å². The molecule has 0 bridgehead atoms. The van der Waals surface area contributed by atoms with Crippen LogP contribution in [0.1, 0.15) is 34.7 Å². The minimum Gasteiger partial charge on any atom is -0.422 e. The average molecular weight is 318 g/mol. The first-order chi connectivity index (χ1) is 11.6. The molecule has 1 aliphatic heterocycles. The molecule has 3 aromatic rings. The van der Waals surface area contributed by atoms with E-state index < -0.39 is 0 Å². The van der Waals surface area contributed by atoms with Gasteiger partial charge in [0.05, 0.1) is 17.3 Å². The van der Waals surface area contributed by atoms with Gasteiger partial charge in [-0.1, -0.05) is 42.0 Å². The highest BCUT2D eigenvalue weighted by Gasteiger charge is 2.25. The summed E-state index contributed by atoms with van der Waals surface area (Å²) in [6, 6.07) is 15.9. The number of fused-ring (bicyclic) bond motifs is 1. The van der Waals surface area contributed by atoms with E-state index in [1.807, 2.05) is 24.3 Å². The van der Waals surface area contributed by atoms with Crippen LogP contribution in [0.5, 0.6) is 0 Å². The molecule has 0 saturated carbocycles. The van der Waals surface area contributed by atoms with Gasteiger partial charge in [0, 0.05) is 11.8 Å². The maximum Gasteiger partial charge on any atom is 0.345 e. The topological polar surface area (TPSA) is 54.6 Å². The smallest absolute Gasteiger partial charge is 0.345 e. The van der Waals surface area contributed by atoms with E-state index >= 15 is 0 Å². The van der Waals surface area contributed by atoms with E-state index in [-0.39, 0.29) is 11.7 Å². The SMILES string of the molecule is Cc1ccc(C)c([C@@H]2CC(c3cc4ccccc4oc3=O)=NN2)c1. The zero-order chi connectivity index (χ0) is 16.7. The van der Waals surface area contributed by atoms with E-state index in [4.69, 9.17) is 4.42 Å². The Morgan fingerprint density at radius 3 is 2.83 bits per heavy atom. The molecule has 2 heterocycles. The van der Waals surface area contributed by atoms with Crippen molar-refractivity contribution in [3.8, 4) is 0 Å². The number of nitrogens with one attached hydrogen (secondary N) is 1. The second kappa shape index (κ2) is 5.64. The summed E-state index contributed by atoms with van der Waals surface area (Å²) in [4.78, 5) is 12.3. The molecule has 1 aliphatic rings. The largest absolute Gasteiger partial charge is 0.422 e. The Morgan fingerprint density at radius 1 is 1.12 bits per heavy atom. The van der Waals surface area contributed by atoms with Crippen LogP contribution in [0.3, 0.4) is 0 Å². The molecule has 4 rings (SSSR count). The normalized spacial score (nSPS) is 16.9. The number of aryl methyl sites for hydroxylation is 2. The van der Waals surface area contributed by atoms with Crippen molar-refractivity contribution in [3.63, 3.8) is 0 Å². The van der Waals surface area contributed by atoms with Crippen LogP contribution in [0.25, 0.3) is 11.0 Å². The molecular formula is C20H18N2O2. The van der Waals surface area contributed by atoms with Crippen LogP contribution in [0.15, 0.2) is 62.8 Å². The lowest BCUT2D eigenvalue weighted by Gasteiger charge is -2.14. The van der Waals surface area contributed by atoms with Crippen molar-refractivity contribution in [3.05, 3.63) is 81.2 Å². The van der Waals surface area contributed by atoms with Gasteiger partial charge in [-0.3, -0.25) is 0 Å². The number of hydrogen-bond acceptors (Lipinski definition) is 4. The summed E-state index contributed by atoms with van der Waals surface area (Å²) in [5.74, 6) is 0. The Balaban J connectivity index is 1.69. The van der Waals surface area contributed by atoms with Crippen LogP contribution >= 0.6 is 0 Å². The lowest BCUT2D eigenvalue weighted by Crippen LogP contribution is -2.14. The van der Waals surface area contributed by atoms with Gasteiger partial charge in [0.1, 0.15) is 5.58 Å². The summed E-state index contributed by atoms with van der Waals surface area (Å²) < 4.78 is 5.42. The zero-order valence-corrected chi connectivity index (χ0v) is 13.7. The van der Waals surface area contributed by atoms with Crippen molar-refractivity contribution in [2.45, 2.75) is 26.3 Å². The van der Waals surface area contributed by atoms with Crippen molar-refractivity contribution in [2.75, 3.05) is 0 Å². The molecule has 2 aromatic carbocycles. The Morgan fingerprint density at radius 2 is 1.96 bits per heavy atom.